The number of fused-ring (bicyclic) bond motifs is 5. The van der Waals surface area contributed by atoms with Crippen LogP contribution in [0.25, 0.3) is 0 Å². The van der Waals surface area contributed by atoms with Crippen molar-refractivity contribution in [1.29, 1.82) is 5.26 Å². The van der Waals surface area contributed by atoms with Crippen LogP contribution in [-0.4, -0.2) is 17.3 Å². The molecular weight excluding hydrogens is 335 g/mol. The van der Waals surface area contributed by atoms with Crippen LogP contribution in [0.2, 0.25) is 0 Å². The largest absolute Gasteiger partial charge is 0.417 e. The average Bonchev–Trinajstić information content (AvgIpc) is 3.13. The Hall–Kier alpha value is -1.39. The molecule has 1 heterocycles. The van der Waals surface area contributed by atoms with E-state index in [0.29, 0.717) is 23.4 Å². The summed E-state index contributed by atoms with van der Waals surface area (Å²) in [5, 5.41) is 8.93. The number of alkyl halides is 3. The molecular formula is C17H18F3N3S. The topological polar surface area (TPSA) is 53.0 Å². The third kappa shape index (κ3) is 2.16. The molecule has 2 aliphatic carbocycles. The van der Waals surface area contributed by atoms with Crippen molar-refractivity contribution in [2.24, 2.45) is 23.5 Å². The summed E-state index contributed by atoms with van der Waals surface area (Å²) >= 11 is 1.64. The Morgan fingerprint density at radius 2 is 2.08 bits per heavy atom. The lowest BCUT2D eigenvalue weighted by Crippen LogP contribution is -2.45. The predicted octanol–water partition coefficient (Wildman–Crippen LogP) is 3.79. The highest BCUT2D eigenvalue weighted by molar-refractivity contribution is 8.02. The summed E-state index contributed by atoms with van der Waals surface area (Å²) in [5.74, 6) is 1.48. The van der Waals surface area contributed by atoms with Gasteiger partial charge in [-0.2, -0.15) is 18.4 Å². The van der Waals surface area contributed by atoms with Crippen molar-refractivity contribution >= 4 is 17.6 Å². The Bertz CT molecular complexity index is 729. The van der Waals surface area contributed by atoms with Crippen molar-refractivity contribution in [2.75, 3.05) is 10.8 Å². The summed E-state index contributed by atoms with van der Waals surface area (Å²) < 4.78 is 41.6. The molecule has 3 aliphatic rings. The third-order valence-corrected chi connectivity index (χ3v) is 7.66. The summed E-state index contributed by atoms with van der Waals surface area (Å²) in [7, 11) is 0. The number of benzene rings is 1. The normalized spacial score (nSPS) is 37.6. The van der Waals surface area contributed by atoms with Gasteiger partial charge < -0.3 is 10.0 Å². The number of halogens is 3. The molecule has 7 heteroatoms. The maximum Gasteiger partial charge on any atom is 0.417 e. The van der Waals surface area contributed by atoms with Crippen molar-refractivity contribution in [2.45, 2.75) is 36.7 Å². The smallest absolute Gasteiger partial charge is 0.327 e. The first kappa shape index (κ1) is 16.1. The van der Waals surface area contributed by atoms with E-state index in [1.807, 2.05) is 4.31 Å². The monoisotopic (exact) mass is 353 g/mol. The van der Waals surface area contributed by atoms with Crippen molar-refractivity contribution < 1.29 is 13.2 Å². The molecule has 1 aromatic carbocycles. The summed E-state index contributed by atoms with van der Waals surface area (Å²) in [6.45, 7) is 2.96. The molecule has 1 aliphatic heterocycles. The van der Waals surface area contributed by atoms with Gasteiger partial charge in [-0.05, 0) is 67.7 Å². The van der Waals surface area contributed by atoms with Crippen molar-refractivity contribution in [3.63, 3.8) is 0 Å². The highest BCUT2D eigenvalue weighted by atomic mass is 32.2. The highest BCUT2D eigenvalue weighted by Crippen LogP contribution is 2.64. The Balaban J connectivity index is 1.66. The molecule has 0 unspecified atom stereocenters. The van der Waals surface area contributed by atoms with Crippen molar-refractivity contribution in [1.82, 2.24) is 0 Å². The molecule has 0 amide bonds. The Labute approximate surface area is 143 Å². The Morgan fingerprint density at radius 3 is 2.75 bits per heavy atom. The van der Waals surface area contributed by atoms with Crippen LogP contribution < -0.4 is 10.0 Å². The molecule has 128 valence electrons. The number of nitrogens with zero attached hydrogens (tertiary/aromatic N) is 2. The maximum absolute atomic E-state index is 13.2. The maximum atomic E-state index is 13.2. The van der Waals surface area contributed by atoms with Gasteiger partial charge in [0.1, 0.15) is 0 Å². The van der Waals surface area contributed by atoms with Gasteiger partial charge in [0.25, 0.3) is 0 Å². The standard InChI is InChI=1S/C17H18F3N3S/c1-16-13-4-10(5-15(13)22)14(16)8-23(24-16)11-3-2-9(7-21)12(6-11)17(18,19)20/h2-3,6,10,13-15H,4-5,8,22H2,1H3/t10-,13+,14+,15+,16-/m1/s1. The van der Waals surface area contributed by atoms with E-state index < -0.39 is 11.7 Å². The van der Waals surface area contributed by atoms with E-state index in [9.17, 15) is 13.2 Å². The lowest BCUT2D eigenvalue weighted by atomic mass is 9.77. The lowest BCUT2D eigenvalue weighted by molar-refractivity contribution is -0.137. The second-order valence-electron chi connectivity index (χ2n) is 7.28. The lowest BCUT2D eigenvalue weighted by Gasteiger charge is -2.36. The summed E-state index contributed by atoms with van der Waals surface area (Å²) in [4.78, 5) is 0. The molecule has 2 saturated carbocycles. The fourth-order valence-electron chi connectivity index (χ4n) is 4.94. The number of hydrogen-bond acceptors (Lipinski definition) is 4. The Morgan fingerprint density at radius 1 is 1.33 bits per heavy atom. The zero-order chi connectivity index (χ0) is 17.3. The minimum absolute atomic E-state index is 0.00856. The van der Waals surface area contributed by atoms with E-state index >= 15 is 0 Å². The molecule has 4 rings (SSSR count). The van der Waals surface area contributed by atoms with Crippen LogP contribution in [0.15, 0.2) is 18.2 Å². The number of anilines is 1. The summed E-state index contributed by atoms with van der Waals surface area (Å²) in [5.41, 5.74) is 5.58. The first-order valence-electron chi connectivity index (χ1n) is 8.07. The van der Waals surface area contributed by atoms with Gasteiger partial charge in [0.05, 0.1) is 17.2 Å². The van der Waals surface area contributed by atoms with Crippen molar-refractivity contribution in [3.8, 4) is 6.07 Å². The van der Waals surface area contributed by atoms with Gasteiger partial charge in [0.15, 0.2) is 0 Å². The van der Waals surface area contributed by atoms with Crippen LogP contribution in [-0.2, 0) is 6.18 Å². The van der Waals surface area contributed by atoms with E-state index in [1.54, 1.807) is 24.1 Å². The second-order valence-corrected chi connectivity index (χ2v) is 8.79. The molecule has 3 fully saturated rings. The molecule has 5 atom stereocenters. The second kappa shape index (κ2) is 5.06. The fourth-order valence-corrected chi connectivity index (χ4v) is 6.68. The van der Waals surface area contributed by atoms with Gasteiger partial charge in [-0.15, -0.1) is 0 Å². The predicted molar refractivity (Wildman–Crippen MR) is 87.2 cm³/mol. The average molecular weight is 353 g/mol. The van der Waals surface area contributed by atoms with E-state index in [1.165, 1.54) is 6.07 Å². The molecule has 0 spiro atoms. The molecule has 0 aromatic heterocycles. The fraction of sp³-hybridized carbons (Fsp3) is 0.588. The van der Waals surface area contributed by atoms with E-state index in [2.05, 4.69) is 6.92 Å². The van der Waals surface area contributed by atoms with E-state index in [0.717, 1.165) is 25.5 Å². The van der Waals surface area contributed by atoms with Crippen LogP contribution in [0, 0.1) is 29.1 Å². The van der Waals surface area contributed by atoms with Gasteiger partial charge in [0.2, 0.25) is 0 Å². The van der Waals surface area contributed by atoms with Crippen LogP contribution >= 0.6 is 11.9 Å². The van der Waals surface area contributed by atoms with Crippen LogP contribution in [0.4, 0.5) is 18.9 Å². The van der Waals surface area contributed by atoms with Gasteiger partial charge in [-0.3, -0.25) is 0 Å². The molecule has 3 nitrogen and oxygen atoms in total. The molecule has 1 aromatic rings. The molecule has 2 bridgehead atoms. The van der Waals surface area contributed by atoms with Gasteiger partial charge in [-0.1, -0.05) is 0 Å². The molecule has 0 radical (unpaired) electrons. The molecule has 2 N–H and O–H groups in total. The zero-order valence-corrected chi connectivity index (χ0v) is 14.0. The minimum Gasteiger partial charge on any atom is -0.327 e. The summed E-state index contributed by atoms with van der Waals surface area (Å²) in [6.07, 6.45) is -2.35. The minimum atomic E-state index is -4.52. The molecule has 24 heavy (non-hydrogen) atoms. The van der Waals surface area contributed by atoms with Gasteiger partial charge in [0, 0.05) is 23.0 Å². The number of hydrogen-bond donors (Lipinski definition) is 1. The first-order valence-corrected chi connectivity index (χ1v) is 8.85. The van der Waals surface area contributed by atoms with Crippen LogP contribution in [0.5, 0.6) is 0 Å². The van der Waals surface area contributed by atoms with E-state index in [4.69, 9.17) is 11.0 Å². The Kier molecular flexibility index (Phi) is 3.39. The van der Waals surface area contributed by atoms with Gasteiger partial charge >= 0.3 is 6.18 Å². The first-order chi connectivity index (χ1) is 11.2. The van der Waals surface area contributed by atoms with Gasteiger partial charge in [-0.25, -0.2) is 0 Å². The number of nitrogens with two attached hydrogens (primary N) is 1. The SMILES string of the molecule is C[C@]12SN(c3ccc(C#N)c(C(F)(F)F)c3)C[C@H]1[C@H]1C[C@H](N)[C@@H]2C1. The third-order valence-electron chi connectivity index (χ3n) is 6.08. The summed E-state index contributed by atoms with van der Waals surface area (Å²) in [6, 6.07) is 5.84. The number of rotatable bonds is 1. The number of nitriles is 1. The molecule has 1 saturated heterocycles. The highest BCUT2D eigenvalue weighted by Gasteiger charge is 2.63. The van der Waals surface area contributed by atoms with Crippen LogP contribution in [0.3, 0.4) is 0 Å². The quantitative estimate of drug-likeness (QED) is 0.781. The van der Waals surface area contributed by atoms with E-state index in [-0.39, 0.29) is 16.4 Å². The van der Waals surface area contributed by atoms with Crippen molar-refractivity contribution in [3.05, 3.63) is 29.3 Å². The van der Waals surface area contributed by atoms with Crippen LogP contribution in [0.1, 0.15) is 30.9 Å². The zero-order valence-electron chi connectivity index (χ0n) is 13.2.